The van der Waals surface area contributed by atoms with Crippen LogP contribution in [0.3, 0.4) is 0 Å². The molecule has 3 aromatic carbocycles. The molecule has 1 N–H and O–H groups in total. The van der Waals surface area contributed by atoms with Crippen LogP contribution in [0.1, 0.15) is 26.3 Å². The van der Waals surface area contributed by atoms with Gasteiger partial charge in [0.15, 0.2) is 5.78 Å². The van der Waals surface area contributed by atoms with Crippen LogP contribution in [0, 0.1) is 0 Å². The van der Waals surface area contributed by atoms with Crippen LogP contribution in [0.2, 0.25) is 5.02 Å². The van der Waals surface area contributed by atoms with Crippen LogP contribution < -0.4 is 5.32 Å². The predicted molar refractivity (Wildman–Crippen MR) is 119 cm³/mol. The van der Waals surface area contributed by atoms with Gasteiger partial charge in [-0.25, -0.2) is 0 Å². The predicted octanol–water partition coefficient (Wildman–Crippen LogP) is 5.97. The fourth-order valence-corrected chi connectivity index (χ4v) is 3.93. The fourth-order valence-electron chi connectivity index (χ4n) is 2.51. The van der Waals surface area contributed by atoms with Crippen molar-refractivity contribution in [1.82, 2.24) is 5.32 Å². The Balaban J connectivity index is 1.78. The largest absolute Gasteiger partial charge is 0.333 e. The summed E-state index contributed by atoms with van der Waals surface area (Å²) in [6.45, 7) is 0. The van der Waals surface area contributed by atoms with Gasteiger partial charge in [0.2, 0.25) is 0 Å². The smallest absolute Gasteiger partial charge is 0.252 e. The zero-order valence-electron chi connectivity index (χ0n) is 14.8. The summed E-state index contributed by atoms with van der Waals surface area (Å²) in [6.07, 6.45) is 0. The van der Waals surface area contributed by atoms with E-state index in [4.69, 9.17) is 11.6 Å². The van der Waals surface area contributed by atoms with Crippen molar-refractivity contribution in [2.75, 3.05) is 0 Å². The first-order chi connectivity index (χ1) is 13.5. The summed E-state index contributed by atoms with van der Waals surface area (Å²) in [7, 11) is 0. The molecule has 0 heterocycles. The van der Waals surface area contributed by atoms with Crippen molar-refractivity contribution in [3.63, 3.8) is 0 Å². The Labute approximate surface area is 181 Å². The Morgan fingerprint density at radius 3 is 2.14 bits per heavy atom. The summed E-state index contributed by atoms with van der Waals surface area (Å²) in [5, 5.41) is 2.71. The minimum absolute atomic E-state index is 0.164. The minimum atomic E-state index is -0.711. The molecule has 0 unspecified atom stereocenters. The number of nitrogens with one attached hydrogen (secondary N) is 1. The molecular formula is C22H17BrClNO2S. The molecule has 0 radical (unpaired) electrons. The van der Waals surface area contributed by atoms with Gasteiger partial charge in [0, 0.05) is 26.4 Å². The average molecular weight is 475 g/mol. The Hall–Kier alpha value is -2.08. The van der Waals surface area contributed by atoms with Gasteiger partial charge in [-0.3, -0.25) is 9.59 Å². The van der Waals surface area contributed by atoms with Crippen LogP contribution in [-0.4, -0.2) is 17.1 Å². The lowest BCUT2D eigenvalue weighted by Gasteiger charge is -2.18. The summed E-state index contributed by atoms with van der Waals surface area (Å²) < 4.78 is 0.885. The van der Waals surface area contributed by atoms with E-state index in [0.717, 1.165) is 10.0 Å². The SMILES string of the molecule is O=C(N[C@H](SCc1ccccc1)C(=O)c1ccc(Cl)cc1)c1ccc(Br)cc1. The molecule has 0 saturated heterocycles. The zero-order valence-corrected chi connectivity index (χ0v) is 17.9. The second-order valence-corrected chi connectivity index (χ2v) is 8.47. The van der Waals surface area contributed by atoms with E-state index >= 15 is 0 Å². The van der Waals surface area contributed by atoms with Gasteiger partial charge in [0.25, 0.3) is 5.91 Å². The molecule has 0 aliphatic heterocycles. The number of hydrogen-bond acceptors (Lipinski definition) is 3. The zero-order chi connectivity index (χ0) is 19.9. The summed E-state index contributed by atoms with van der Waals surface area (Å²) in [5.74, 6) is 0.147. The highest BCUT2D eigenvalue weighted by Gasteiger charge is 2.23. The minimum Gasteiger partial charge on any atom is -0.333 e. The van der Waals surface area contributed by atoms with Crippen LogP contribution in [0.25, 0.3) is 0 Å². The molecule has 1 atom stereocenters. The Bertz CT molecular complexity index is 947. The van der Waals surface area contributed by atoms with E-state index in [1.54, 1.807) is 48.5 Å². The molecule has 0 spiro atoms. The number of amides is 1. The third-order valence-corrected chi connectivity index (χ3v) is 5.94. The van der Waals surface area contributed by atoms with Crippen LogP contribution in [0.15, 0.2) is 83.3 Å². The van der Waals surface area contributed by atoms with Crippen molar-refractivity contribution >= 4 is 51.0 Å². The Morgan fingerprint density at radius 2 is 1.50 bits per heavy atom. The first kappa shape index (κ1) is 20.6. The lowest BCUT2D eigenvalue weighted by molar-refractivity contribution is 0.0892. The number of Topliss-reactive ketones (excluding diaryl/α,β-unsaturated/α-hetero) is 1. The molecule has 3 rings (SSSR count). The molecule has 6 heteroatoms. The quantitative estimate of drug-likeness (QED) is 0.339. The van der Waals surface area contributed by atoms with E-state index in [1.807, 2.05) is 30.3 Å². The van der Waals surface area contributed by atoms with Crippen LogP contribution >= 0.6 is 39.3 Å². The normalized spacial score (nSPS) is 11.6. The van der Waals surface area contributed by atoms with E-state index in [-0.39, 0.29) is 11.7 Å². The maximum atomic E-state index is 13.0. The van der Waals surface area contributed by atoms with Crippen molar-refractivity contribution in [2.45, 2.75) is 11.1 Å². The topological polar surface area (TPSA) is 46.2 Å². The molecule has 1 amide bonds. The monoisotopic (exact) mass is 473 g/mol. The van der Waals surface area contributed by atoms with E-state index in [2.05, 4.69) is 21.2 Å². The molecule has 0 aromatic heterocycles. The molecule has 142 valence electrons. The van der Waals surface area contributed by atoms with Crippen LogP contribution in [0.5, 0.6) is 0 Å². The van der Waals surface area contributed by atoms with E-state index in [1.165, 1.54) is 11.8 Å². The van der Waals surface area contributed by atoms with E-state index < -0.39 is 5.37 Å². The molecule has 0 aliphatic carbocycles. The van der Waals surface area contributed by atoms with Gasteiger partial charge in [0.05, 0.1) is 0 Å². The van der Waals surface area contributed by atoms with Gasteiger partial charge in [0.1, 0.15) is 5.37 Å². The third-order valence-electron chi connectivity index (χ3n) is 3.99. The second-order valence-electron chi connectivity index (χ2n) is 6.03. The summed E-state index contributed by atoms with van der Waals surface area (Å²) in [5.41, 5.74) is 2.09. The lowest BCUT2D eigenvalue weighted by atomic mass is 10.1. The third kappa shape index (κ3) is 5.71. The van der Waals surface area contributed by atoms with Crippen LogP contribution in [0.4, 0.5) is 0 Å². The summed E-state index contributed by atoms with van der Waals surface area (Å²) in [4.78, 5) is 25.7. The van der Waals surface area contributed by atoms with Crippen molar-refractivity contribution in [3.8, 4) is 0 Å². The number of thioether (sulfide) groups is 1. The molecule has 3 nitrogen and oxygen atoms in total. The summed E-state index contributed by atoms with van der Waals surface area (Å²) in [6, 6.07) is 23.5. The molecular weight excluding hydrogens is 458 g/mol. The Kier molecular flexibility index (Phi) is 7.31. The number of carbonyl (C=O) groups is 2. The first-order valence-electron chi connectivity index (χ1n) is 8.54. The van der Waals surface area contributed by atoms with E-state index in [0.29, 0.717) is 21.9 Å². The number of halogens is 2. The number of hydrogen-bond donors (Lipinski definition) is 1. The maximum Gasteiger partial charge on any atom is 0.252 e. The summed E-state index contributed by atoms with van der Waals surface area (Å²) >= 11 is 10.7. The van der Waals surface area contributed by atoms with Crippen molar-refractivity contribution < 1.29 is 9.59 Å². The van der Waals surface area contributed by atoms with Gasteiger partial charge in [-0.05, 0) is 54.1 Å². The Morgan fingerprint density at radius 1 is 0.893 bits per heavy atom. The number of benzene rings is 3. The maximum absolute atomic E-state index is 13.0. The molecule has 0 aliphatic rings. The molecule has 0 saturated carbocycles. The number of ketones is 1. The van der Waals surface area contributed by atoms with Gasteiger partial charge in [-0.15, -0.1) is 11.8 Å². The van der Waals surface area contributed by atoms with Crippen molar-refractivity contribution in [1.29, 1.82) is 0 Å². The van der Waals surface area contributed by atoms with Gasteiger partial charge in [-0.1, -0.05) is 57.9 Å². The van der Waals surface area contributed by atoms with E-state index in [9.17, 15) is 9.59 Å². The highest BCUT2D eigenvalue weighted by atomic mass is 79.9. The van der Waals surface area contributed by atoms with Gasteiger partial charge < -0.3 is 5.32 Å². The standard InChI is InChI=1S/C22H17BrClNO2S/c23-18-10-6-17(7-11-18)21(27)25-22(28-14-15-4-2-1-3-5-15)20(26)16-8-12-19(24)13-9-16/h1-13,22H,14H2,(H,25,27)/t22-/m1/s1. The lowest BCUT2D eigenvalue weighted by Crippen LogP contribution is -2.38. The second kappa shape index (κ2) is 9.92. The highest BCUT2D eigenvalue weighted by Crippen LogP contribution is 2.22. The highest BCUT2D eigenvalue weighted by molar-refractivity contribution is 9.10. The van der Waals surface area contributed by atoms with Crippen molar-refractivity contribution in [3.05, 3.63) is 105 Å². The molecule has 0 fully saturated rings. The van der Waals surface area contributed by atoms with Gasteiger partial charge in [-0.2, -0.15) is 0 Å². The average Bonchev–Trinajstić information content (AvgIpc) is 2.72. The molecule has 3 aromatic rings. The van der Waals surface area contributed by atoms with Crippen molar-refractivity contribution in [2.24, 2.45) is 0 Å². The fraction of sp³-hybridized carbons (Fsp3) is 0.0909. The first-order valence-corrected chi connectivity index (χ1v) is 10.8. The number of rotatable bonds is 7. The molecule has 0 bridgehead atoms. The number of carbonyl (C=O) groups excluding carboxylic acids is 2. The van der Waals surface area contributed by atoms with Crippen LogP contribution in [-0.2, 0) is 5.75 Å². The van der Waals surface area contributed by atoms with Gasteiger partial charge >= 0.3 is 0 Å². The molecule has 28 heavy (non-hydrogen) atoms.